The molecule has 0 unspecified atom stereocenters. The van der Waals surface area contributed by atoms with Crippen molar-refractivity contribution in [1.29, 1.82) is 0 Å². The maximum Gasteiger partial charge on any atom is 0.0308 e. The van der Waals surface area contributed by atoms with Crippen LogP contribution in [0.2, 0.25) is 0 Å². The van der Waals surface area contributed by atoms with Crippen LogP contribution >= 0.6 is 12.6 Å². The summed E-state index contributed by atoms with van der Waals surface area (Å²) in [6, 6.07) is 0. The van der Waals surface area contributed by atoms with E-state index in [2.05, 4.69) is 53.0 Å². The van der Waals surface area contributed by atoms with Gasteiger partial charge in [0, 0.05) is 11.4 Å². The van der Waals surface area contributed by atoms with Crippen LogP contribution in [0, 0.1) is 5.92 Å². The quantitative estimate of drug-likeness (QED) is 0.215. The van der Waals surface area contributed by atoms with E-state index >= 15 is 0 Å². The summed E-state index contributed by atoms with van der Waals surface area (Å²) in [5.74, 6) is 1.57. The van der Waals surface area contributed by atoms with Crippen LogP contribution in [0.1, 0.15) is 85.5 Å². The molecule has 0 heterocycles. The SMILES string of the molecule is C=C(CS)C/C=C(N)/C(CCC(CCC)CCC)=C(/C)CCC. The lowest BCUT2D eigenvalue weighted by atomic mass is 9.88. The zero-order valence-corrected chi connectivity index (χ0v) is 16.9. The van der Waals surface area contributed by atoms with E-state index in [9.17, 15) is 0 Å². The Morgan fingerprint density at radius 1 is 1.04 bits per heavy atom. The normalized spacial score (nSPS) is 13.4. The summed E-state index contributed by atoms with van der Waals surface area (Å²) < 4.78 is 0. The minimum absolute atomic E-state index is 0.728. The first-order chi connectivity index (χ1) is 11.0. The van der Waals surface area contributed by atoms with E-state index in [-0.39, 0.29) is 0 Å². The molecule has 0 radical (unpaired) electrons. The third-order valence-corrected chi connectivity index (χ3v) is 4.97. The van der Waals surface area contributed by atoms with Gasteiger partial charge in [-0.15, -0.1) is 0 Å². The Kier molecular flexibility index (Phi) is 13.4. The van der Waals surface area contributed by atoms with E-state index < -0.39 is 0 Å². The highest BCUT2D eigenvalue weighted by Crippen LogP contribution is 2.27. The van der Waals surface area contributed by atoms with Crippen LogP contribution in [-0.4, -0.2) is 5.75 Å². The molecule has 0 rings (SSSR count). The van der Waals surface area contributed by atoms with E-state index in [1.165, 1.54) is 49.7 Å². The molecule has 0 aliphatic carbocycles. The topological polar surface area (TPSA) is 26.0 Å². The number of allylic oxidation sites excluding steroid dienone is 3. The maximum absolute atomic E-state index is 6.42. The van der Waals surface area contributed by atoms with Crippen molar-refractivity contribution in [1.82, 2.24) is 0 Å². The molecule has 2 heteroatoms. The maximum atomic E-state index is 6.42. The first-order valence-electron chi connectivity index (χ1n) is 9.42. The van der Waals surface area contributed by atoms with Crippen molar-refractivity contribution in [2.45, 2.75) is 85.5 Å². The zero-order chi connectivity index (χ0) is 17.7. The number of rotatable bonds is 13. The third-order valence-electron chi connectivity index (χ3n) is 4.52. The van der Waals surface area contributed by atoms with E-state index in [1.54, 1.807) is 0 Å². The second kappa shape index (κ2) is 13.8. The standard InChI is InChI=1S/C21H39NS/c1-6-9-18(5)20(21(22)15-12-17(4)16-23)14-13-19(10-7-2)11-8-3/h15,19,23H,4,6-14,16,22H2,1-3,5H3/b20-18-,21-15-. The summed E-state index contributed by atoms with van der Waals surface area (Å²) >= 11 is 4.28. The Labute approximate surface area is 150 Å². The van der Waals surface area contributed by atoms with Gasteiger partial charge < -0.3 is 5.73 Å². The predicted octanol–water partition coefficient (Wildman–Crippen LogP) is 6.82. The molecule has 0 aromatic rings. The Morgan fingerprint density at radius 2 is 1.65 bits per heavy atom. The second-order valence-corrected chi connectivity index (χ2v) is 7.08. The fourth-order valence-corrected chi connectivity index (χ4v) is 3.30. The lowest BCUT2D eigenvalue weighted by molar-refractivity contribution is 0.411. The van der Waals surface area contributed by atoms with E-state index in [0.29, 0.717) is 0 Å². The third kappa shape index (κ3) is 9.96. The van der Waals surface area contributed by atoms with Crippen LogP contribution in [0.4, 0.5) is 0 Å². The molecule has 0 saturated heterocycles. The molecule has 2 N–H and O–H groups in total. The van der Waals surface area contributed by atoms with Crippen LogP contribution in [0.15, 0.2) is 35.1 Å². The average Bonchev–Trinajstić information content (AvgIpc) is 2.53. The van der Waals surface area contributed by atoms with Gasteiger partial charge in [-0.05, 0) is 44.1 Å². The zero-order valence-electron chi connectivity index (χ0n) is 16.0. The molecular weight excluding hydrogens is 298 g/mol. The molecule has 23 heavy (non-hydrogen) atoms. The van der Waals surface area contributed by atoms with Gasteiger partial charge in [-0.1, -0.05) is 76.7 Å². The van der Waals surface area contributed by atoms with Gasteiger partial charge in [0.2, 0.25) is 0 Å². The number of hydrogen-bond donors (Lipinski definition) is 2. The molecule has 0 aromatic carbocycles. The fourth-order valence-electron chi connectivity index (χ4n) is 3.17. The summed E-state index contributed by atoms with van der Waals surface area (Å²) in [5, 5.41) is 0. The average molecular weight is 338 g/mol. The van der Waals surface area contributed by atoms with Crippen molar-refractivity contribution >= 4 is 12.6 Å². The molecule has 0 bridgehead atoms. The van der Waals surface area contributed by atoms with Crippen LogP contribution < -0.4 is 5.73 Å². The van der Waals surface area contributed by atoms with Gasteiger partial charge in [0.05, 0.1) is 0 Å². The van der Waals surface area contributed by atoms with Crippen LogP contribution in [0.3, 0.4) is 0 Å². The summed E-state index contributed by atoms with van der Waals surface area (Å²) in [6.45, 7) is 13.1. The summed E-state index contributed by atoms with van der Waals surface area (Å²) in [5.41, 5.74) is 11.4. The predicted molar refractivity (Wildman–Crippen MR) is 110 cm³/mol. The monoisotopic (exact) mass is 337 g/mol. The minimum Gasteiger partial charge on any atom is -0.399 e. The van der Waals surface area contributed by atoms with E-state index in [1.807, 2.05) is 0 Å². The van der Waals surface area contributed by atoms with Crippen molar-refractivity contribution in [3.05, 3.63) is 35.1 Å². The molecule has 0 fully saturated rings. The van der Waals surface area contributed by atoms with Crippen molar-refractivity contribution in [3.8, 4) is 0 Å². The van der Waals surface area contributed by atoms with Gasteiger partial charge in [0.1, 0.15) is 0 Å². The van der Waals surface area contributed by atoms with Crippen LogP contribution in [0.5, 0.6) is 0 Å². The molecule has 0 aliphatic rings. The van der Waals surface area contributed by atoms with Crippen molar-refractivity contribution in [2.24, 2.45) is 11.7 Å². The highest BCUT2D eigenvalue weighted by molar-refractivity contribution is 7.80. The Morgan fingerprint density at radius 3 is 2.13 bits per heavy atom. The molecule has 134 valence electrons. The van der Waals surface area contributed by atoms with Gasteiger partial charge in [-0.2, -0.15) is 12.6 Å². The number of nitrogens with two attached hydrogens (primary N) is 1. The van der Waals surface area contributed by atoms with Gasteiger partial charge in [-0.3, -0.25) is 0 Å². The van der Waals surface area contributed by atoms with Gasteiger partial charge >= 0.3 is 0 Å². The smallest absolute Gasteiger partial charge is 0.0308 e. The molecule has 0 amide bonds. The minimum atomic E-state index is 0.728. The van der Waals surface area contributed by atoms with Gasteiger partial charge in [0.25, 0.3) is 0 Å². The lowest BCUT2D eigenvalue weighted by Gasteiger charge is -2.19. The summed E-state index contributed by atoms with van der Waals surface area (Å²) in [4.78, 5) is 0. The molecule has 0 spiro atoms. The molecule has 1 nitrogen and oxygen atoms in total. The van der Waals surface area contributed by atoms with Gasteiger partial charge in [-0.25, -0.2) is 0 Å². The van der Waals surface area contributed by atoms with Crippen molar-refractivity contribution < 1.29 is 0 Å². The Bertz CT molecular complexity index is 387. The number of thiol groups is 1. The molecule has 0 aliphatic heterocycles. The van der Waals surface area contributed by atoms with Gasteiger partial charge in [0.15, 0.2) is 0 Å². The molecule has 0 saturated carbocycles. The van der Waals surface area contributed by atoms with Crippen molar-refractivity contribution in [3.63, 3.8) is 0 Å². The second-order valence-electron chi connectivity index (χ2n) is 6.76. The Balaban J connectivity index is 5.01. The first-order valence-corrected chi connectivity index (χ1v) is 10.0. The fraction of sp³-hybridized carbons (Fsp3) is 0.714. The molecule has 0 aromatic heterocycles. The number of hydrogen-bond acceptors (Lipinski definition) is 2. The van der Waals surface area contributed by atoms with E-state index in [4.69, 9.17) is 5.73 Å². The Hall–Kier alpha value is -0.630. The first kappa shape index (κ1) is 22.4. The van der Waals surface area contributed by atoms with Crippen LogP contribution in [-0.2, 0) is 0 Å². The highest BCUT2D eigenvalue weighted by Gasteiger charge is 2.11. The van der Waals surface area contributed by atoms with Crippen LogP contribution in [0.25, 0.3) is 0 Å². The van der Waals surface area contributed by atoms with Crippen molar-refractivity contribution in [2.75, 3.05) is 5.75 Å². The molecule has 0 atom stereocenters. The lowest BCUT2D eigenvalue weighted by Crippen LogP contribution is -2.08. The molecular formula is C21H39NS. The van der Waals surface area contributed by atoms with E-state index in [0.717, 1.165) is 42.2 Å². The largest absolute Gasteiger partial charge is 0.399 e. The summed E-state index contributed by atoms with van der Waals surface area (Å²) in [7, 11) is 0. The summed E-state index contributed by atoms with van der Waals surface area (Å²) in [6.07, 6.45) is 12.9. The highest BCUT2D eigenvalue weighted by atomic mass is 32.1.